The molecule has 2 heterocycles. The van der Waals surface area contributed by atoms with E-state index in [-0.39, 0.29) is 18.1 Å². The van der Waals surface area contributed by atoms with Gasteiger partial charge in [-0.3, -0.25) is 14.2 Å². The number of amides is 1. The summed E-state index contributed by atoms with van der Waals surface area (Å²) in [6.45, 7) is 6.96. The van der Waals surface area contributed by atoms with Crippen LogP contribution in [0.1, 0.15) is 49.1 Å². The summed E-state index contributed by atoms with van der Waals surface area (Å²) in [7, 11) is 1.58. The lowest BCUT2D eigenvalue weighted by Gasteiger charge is -2.29. The number of fused-ring (bicyclic) bond motifs is 1. The van der Waals surface area contributed by atoms with Crippen LogP contribution in [0.2, 0.25) is 0 Å². The molecule has 9 heteroatoms. The van der Waals surface area contributed by atoms with E-state index >= 15 is 0 Å². The molecule has 1 aliphatic rings. The van der Waals surface area contributed by atoms with Gasteiger partial charge in [0.1, 0.15) is 24.1 Å². The van der Waals surface area contributed by atoms with Gasteiger partial charge in [-0.1, -0.05) is 65.9 Å². The zero-order valence-electron chi connectivity index (χ0n) is 24.5. The van der Waals surface area contributed by atoms with Crippen LogP contribution in [0.15, 0.2) is 93.9 Å². The zero-order chi connectivity index (χ0) is 30.5. The smallest absolute Gasteiger partial charge is 0.271 e. The first-order valence-electron chi connectivity index (χ1n) is 14.1. The molecule has 0 N–H and O–H groups in total. The van der Waals surface area contributed by atoms with Crippen LogP contribution in [0.3, 0.4) is 0 Å². The molecule has 1 aliphatic heterocycles. The molecule has 8 nitrogen and oxygen atoms in total. The normalized spacial score (nSPS) is 14.5. The van der Waals surface area contributed by atoms with Gasteiger partial charge in [0.15, 0.2) is 4.80 Å². The third kappa shape index (κ3) is 5.74. The molecule has 3 aromatic carbocycles. The lowest BCUT2D eigenvalue weighted by atomic mass is 9.94. The first-order chi connectivity index (χ1) is 20.9. The number of benzene rings is 3. The van der Waals surface area contributed by atoms with E-state index < -0.39 is 6.04 Å². The number of likely N-dealkylation sites (N-methyl/N-ethyl adjacent to an activating group) is 1. The van der Waals surface area contributed by atoms with Gasteiger partial charge in [0.25, 0.3) is 11.5 Å². The molecule has 0 aliphatic carbocycles. The lowest BCUT2D eigenvalue weighted by Crippen LogP contribution is -2.43. The van der Waals surface area contributed by atoms with Crippen LogP contribution in [0.25, 0.3) is 6.08 Å². The quantitative estimate of drug-likeness (QED) is 0.284. The first kappa shape index (κ1) is 29.5. The Morgan fingerprint density at radius 1 is 1.05 bits per heavy atom. The number of thiazole rings is 1. The van der Waals surface area contributed by atoms with Gasteiger partial charge in [-0.05, 0) is 45.0 Å². The second kappa shape index (κ2) is 12.9. The van der Waals surface area contributed by atoms with E-state index in [1.165, 1.54) is 11.3 Å². The van der Waals surface area contributed by atoms with Gasteiger partial charge in [-0.2, -0.15) is 5.26 Å². The predicted molar refractivity (Wildman–Crippen MR) is 167 cm³/mol. The van der Waals surface area contributed by atoms with Crippen molar-refractivity contribution in [2.75, 3.05) is 20.2 Å². The molecule has 1 aromatic heterocycles. The number of carbonyl (C=O) groups excluding carboxylic acids is 1. The molecule has 43 heavy (non-hydrogen) atoms. The van der Waals surface area contributed by atoms with Crippen molar-refractivity contribution >= 4 is 23.3 Å². The fourth-order valence-corrected chi connectivity index (χ4v) is 6.28. The molecule has 0 unspecified atom stereocenters. The van der Waals surface area contributed by atoms with Crippen molar-refractivity contribution in [3.63, 3.8) is 0 Å². The number of rotatable bonds is 9. The molecule has 0 bridgehead atoms. The summed E-state index contributed by atoms with van der Waals surface area (Å²) in [5.41, 5.74) is 3.51. The third-order valence-corrected chi connectivity index (χ3v) is 8.45. The van der Waals surface area contributed by atoms with Crippen molar-refractivity contribution in [1.82, 2.24) is 9.47 Å². The predicted octanol–water partition coefficient (Wildman–Crippen LogP) is 4.56. The van der Waals surface area contributed by atoms with Gasteiger partial charge in [0.05, 0.1) is 34.5 Å². The molecular weight excluding hydrogens is 560 g/mol. The number of nitriles is 1. The van der Waals surface area contributed by atoms with E-state index in [0.717, 1.165) is 5.56 Å². The SMILES string of the molecule is CCN(CC)C(=O)C1=C(C)N=c2s/c(=C/c3ccccc3OCc3ccccc3C#N)c(=O)n2[C@H]1c1ccccc1OC. The topological polar surface area (TPSA) is 96.9 Å². The molecule has 0 saturated heterocycles. The monoisotopic (exact) mass is 592 g/mol. The van der Waals surface area contributed by atoms with Crippen molar-refractivity contribution in [3.05, 3.63) is 126 Å². The van der Waals surface area contributed by atoms with Crippen LogP contribution in [-0.2, 0) is 11.4 Å². The van der Waals surface area contributed by atoms with Crippen LogP contribution >= 0.6 is 11.3 Å². The van der Waals surface area contributed by atoms with Crippen LogP contribution in [0, 0.1) is 11.3 Å². The largest absolute Gasteiger partial charge is 0.496 e. The van der Waals surface area contributed by atoms with Crippen molar-refractivity contribution in [3.8, 4) is 17.6 Å². The number of para-hydroxylation sites is 2. The summed E-state index contributed by atoms with van der Waals surface area (Å²) < 4.78 is 13.9. The number of carbonyl (C=O) groups is 1. The Kier molecular flexibility index (Phi) is 8.88. The maximum absolute atomic E-state index is 14.2. The molecule has 0 radical (unpaired) electrons. The maximum Gasteiger partial charge on any atom is 0.271 e. The van der Waals surface area contributed by atoms with Gasteiger partial charge >= 0.3 is 0 Å². The summed E-state index contributed by atoms with van der Waals surface area (Å²) in [6, 6.07) is 23.7. The number of hydrogen-bond donors (Lipinski definition) is 0. The number of nitrogens with zero attached hydrogens (tertiary/aromatic N) is 4. The number of aromatic nitrogens is 1. The molecule has 1 amide bonds. The molecule has 4 aromatic rings. The third-order valence-electron chi connectivity index (χ3n) is 7.46. The van der Waals surface area contributed by atoms with Crippen LogP contribution in [0.4, 0.5) is 0 Å². The van der Waals surface area contributed by atoms with E-state index in [1.54, 1.807) is 28.7 Å². The molecule has 5 rings (SSSR count). The van der Waals surface area contributed by atoms with Crippen LogP contribution < -0.4 is 24.4 Å². The van der Waals surface area contributed by atoms with E-state index in [9.17, 15) is 14.9 Å². The van der Waals surface area contributed by atoms with Crippen LogP contribution in [0.5, 0.6) is 11.5 Å². The highest BCUT2D eigenvalue weighted by molar-refractivity contribution is 7.07. The molecular formula is C34H32N4O4S. The maximum atomic E-state index is 14.2. The number of hydrogen-bond acceptors (Lipinski definition) is 7. The minimum Gasteiger partial charge on any atom is -0.496 e. The van der Waals surface area contributed by atoms with Gasteiger partial charge in [0, 0.05) is 29.8 Å². The van der Waals surface area contributed by atoms with Crippen molar-refractivity contribution in [2.24, 2.45) is 4.99 Å². The van der Waals surface area contributed by atoms with Gasteiger partial charge in [-0.25, -0.2) is 4.99 Å². The standard InChI is InChI=1S/C34H32N4O4S/c1-5-37(6-2)33(40)30-22(3)36-34-38(31(30)26-16-10-12-18-28(26)41-4)32(39)29(43-34)19-23-13-9-11-17-27(23)42-21-25-15-8-7-14-24(25)20-35/h7-19,31H,5-6,21H2,1-4H3/b29-19+/t31-/m0/s1. The molecule has 0 saturated carbocycles. The zero-order valence-corrected chi connectivity index (χ0v) is 25.4. The second-order valence-corrected chi connectivity index (χ2v) is 10.9. The van der Waals surface area contributed by atoms with E-state index in [1.807, 2.05) is 87.5 Å². The summed E-state index contributed by atoms with van der Waals surface area (Å²) in [5, 5.41) is 9.45. The van der Waals surface area contributed by atoms with Gasteiger partial charge in [-0.15, -0.1) is 0 Å². The van der Waals surface area contributed by atoms with Crippen molar-refractivity contribution < 1.29 is 14.3 Å². The lowest BCUT2D eigenvalue weighted by molar-refractivity contribution is -0.127. The number of allylic oxidation sites excluding steroid dienone is 1. The Labute approximate surface area is 254 Å². The van der Waals surface area contributed by atoms with E-state index in [0.29, 0.717) is 61.9 Å². The van der Waals surface area contributed by atoms with E-state index in [2.05, 4.69) is 6.07 Å². The average molecular weight is 593 g/mol. The van der Waals surface area contributed by atoms with Crippen LogP contribution in [-0.4, -0.2) is 35.6 Å². The Hall–Kier alpha value is -4.94. The average Bonchev–Trinajstić information content (AvgIpc) is 3.34. The summed E-state index contributed by atoms with van der Waals surface area (Å²) in [6.07, 6.45) is 1.79. The summed E-state index contributed by atoms with van der Waals surface area (Å²) in [5.74, 6) is 1.00. The highest BCUT2D eigenvalue weighted by Crippen LogP contribution is 2.36. The summed E-state index contributed by atoms with van der Waals surface area (Å²) >= 11 is 1.27. The van der Waals surface area contributed by atoms with Gasteiger partial charge in [0.2, 0.25) is 0 Å². The number of methoxy groups -OCH3 is 1. The Morgan fingerprint density at radius 3 is 2.44 bits per heavy atom. The second-order valence-electron chi connectivity index (χ2n) is 9.90. The van der Waals surface area contributed by atoms with Gasteiger partial charge < -0.3 is 14.4 Å². The highest BCUT2D eigenvalue weighted by atomic mass is 32.1. The Balaban J connectivity index is 1.64. The Bertz CT molecular complexity index is 1930. The fraction of sp³-hybridized carbons (Fsp3) is 0.235. The Morgan fingerprint density at radius 2 is 1.72 bits per heavy atom. The summed E-state index contributed by atoms with van der Waals surface area (Å²) in [4.78, 5) is 35.0. The minimum atomic E-state index is -0.711. The molecule has 218 valence electrons. The van der Waals surface area contributed by atoms with Crippen molar-refractivity contribution in [2.45, 2.75) is 33.4 Å². The first-order valence-corrected chi connectivity index (χ1v) is 14.9. The van der Waals surface area contributed by atoms with Crippen molar-refractivity contribution in [1.29, 1.82) is 5.26 Å². The fourth-order valence-electron chi connectivity index (χ4n) is 5.25. The molecule has 1 atom stereocenters. The number of ether oxygens (including phenoxy) is 2. The molecule has 0 spiro atoms. The van der Waals surface area contributed by atoms with E-state index in [4.69, 9.17) is 14.5 Å². The highest BCUT2D eigenvalue weighted by Gasteiger charge is 2.35. The minimum absolute atomic E-state index is 0.159. The molecule has 0 fully saturated rings.